The van der Waals surface area contributed by atoms with E-state index in [9.17, 15) is 9.59 Å². The van der Waals surface area contributed by atoms with E-state index in [0.29, 0.717) is 0 Å². The Balaban J connectivity index is 2.29. The summed E-state index contributed by atoms with van der Waals surface area (Å²) in [7, 11) is 1.43. The lowest BCUT2D eigenvalue weighted by Gasteiger charge is -2.28. The van der Waals surface area contributed by atoms with Gasteiger partial charge in [0.2, 0.25) is 5.91 Å². The van der Waals surface area contributed by atoms with E-state index in [1.165, 1.54) is 7.11 Å². The van der Waals surface area contributed by atoms with Gasteiger partial charge in [-0.05, 0) is 38.5 Å². The molecule has 5 heteroatoms. The highest BCUT2D eigenvalue weighted by molar-refractivity contribution is 5.77. The quantitative estimate of drug-likeness (QED) is 0.646. The maximum Gasteiger partial charge on any atom is 0.308 e. The molecule has 0 bridgehead atoms. The molecular weight excluding hydrogens is 270 g/mol. The van der Waals surface area contributed by atoms with Gasteiger partial charge in [0.25, 0.3) is 0 Å². The molecule has 0 aromatic carbocycles. The summed E-state index contributed by atoms with van der Waals surface area (Å²) in [5.41, 5.74) is 0. The van der Waals surface area contributed by atoms with Crippen LogP contribution in [0.1, 0.15) is 52.4 Å². The third-order valence-corrected chi connectivity index (χ3v) is 3.99. The highest BCUT2D eigenvalue weighted by Gasteiger charge is 2.27. The monoisotopic (exact) mass is 299 g/mol. The lowest BCUT2D eigenvalue weighted by Crippen LogP contribution is -2.37. The zero-order valence-corrected chi connectivity index (χ0v) is 13.6. The summed E-state index contributed by atoms with van der Waals surface area (Å²) >= 11 is 0. The van der Waals surface area contributed by atoms with Gasteiger partial charge in [-0.25, -0.2) is 0 Å². The number of rotatable bonds is 8. The van der Waals surface area contributed by atoms with Crippen LogP contribution in [0.25, 0.3) is 0 Å². The molecule has 0 aromatic heterocycles. The van der Waals surface area contributed by atoms with Crippen molar-refractivity contribution < 1.29 is 19.1 Å². The van der Waals surface area contributed by atoms with Crippen molar-refractivity contribution in [1.82, 2.24) is 4.90 Å². The Morgan fingerprint density at radius 3 is 2.10 bits per heavy atom. The molecule has 0 unspecified atom stereocenters. The van der Waals surface area contributed by atoms with Crippen LogP contribution >= 0.6 is 0 Å². The molecule has 0 radical (unpaired) electrons. The Morgan fingerprint density at radius 1 is 1.05 bits per heavy atom. The molecule has 122 valence electrons. The summed E-state index contributed by atoms with van der Waals surface area (Å²) in [5.74, 6) is -0.0439. The number of hydrogen-bond donors (Lipinski definition) is 0. The molecule has 21 heavy (non-hydrogen) atoms. The average Bonchev–Trinajstić information content (AvgIpc) is 2.52. The predicted octanol–water partition coefficient (Wildman–Crippen LogP) is 2.38. The fourth-order valence-corrected chi connectivity index (χ4v) is 2.81. The number of carbonyl (C=O) groups is 2. The lowest BCUT2D eigenvalue weighted by molar-refractivity contribution is -0.149. The van der Waals surface area contributed by atoms with Crippen molar-refractivity contribution in [3.63, 3.8) is 0 Å². The number of amides is 1. The summed E-state index contributed by atoms with van der Waals surface area (Å²) in [5, 5.41) is 0. The number of esters is 1. The third kappa shape index (κ3) is 6.04. The molecule has 0 spiro atoms. The summed E-state index contributed by atoms with van der Waals surface area (Å²) < 4.78 is 10.5. The van der Waals surface area contributed by atoms with E-state index >= 15 is 0 Å². The van der Waals surface area contributed by atoms with Gasteiger partial charge < -0.3 is 14.4 Å². The highest BCUT2D eigenvalue weighted by atomic mass is 16.5. The van der Waals surface area contributed by atoms with Crippen LogP contribution in [0.5, 0.6) is 0 Å². The van der Waals surface area contributed by atoms with Gasteiger partial charge in [0.15, 0.2) is 0 Å². The van der Waals surface area contributed by atoms with Crippen LogP contribution in [0.3, 0.4) is 0 Å². The molecule has 5 nitrogen and oxygen atoms in total. The van der Waals surface area contributed by atoms with E-state index in [-0.39, 0.29) is 30.5 Å². The lowest BCUT2D eigenvalue weighted by atomic mass is 9.87. The molecule has 1 saturated carbocycles. The van der Waals surface area contributed by atoms with E-state index in [2.05, 4.69) is 13.8 Å². The van der Waals surface area contributed by atoms with Crippen molar-refractivity contribution in [2.75, 3.05) is 26.8 Å². The van der Waals surface area contributed by atoms with Crippen LogP contribution < -0.4 is 0 Å². The second-order valence-corrected chi connectivity index (χ2v) is 5.69. The van der Waals surface area contributed by atoms with E-state index < -0.39 is 0 Å². The predicted molar refractivity (Wildman–Crippen MR) is 80.9 cm³/mol. The first-order valence-corrected chi connectivity index (χ1v) is 8.09. The Labute approximate surface area is 128 Å². The summed E-state index contributed by atoms with van der Waals surface area (Å²) in [6.07, 6.45) is 5.27. The molecule has 0 saturated heterocycles. The van der Waals surface area contributed by atoms with Crippen LogP contribution in [0.2, 0.25) is 0 Å². The van der Waals surface area contributed by atoms with Crippen molar-refractivity contribution >= 4 is 11.9 Å². The smallest absolute Gasteiger partial charge is 0.308 e. The summed E-state index contributed by atoms with van der Waals surface area (Å²) in [6, 6.07) is 0. The minimum Gasteiger partial charge on any atom is -0.469 e. The van der Waals surface area contributed by atoms with Crippen molar-refractivity contribution in [2.24, 2.45) is 5.92 Å². The Morgan fingerprint density at radius 2 is 1.62 bits per heavy atom. The minimum absolute atomic E-state index is 0.00207. The first-order valence-electron chi connectivity index (χ1n) is 8.09. The second kappa shape index (κ2) is 9.77. The van der Waals surface area contributed by atoms with E-state index in [1.807, 2.05) is 4.90 Å². The molecule has 0 atom stereocenters. The molecule has 0 aliphatic heterocycles. The van der Waals surface area contributed by atoms with Gasteiger partial charge in [-0.2, -0.15) is 0 Å². The molecule has 1 rings (SSSR count). The fourth-order valence-electron chi connectivity index (χ4n) is 2.81. The van der Waals surface area contributed by atoms with Gasteiger partial charge >= 0.3 is 5.97 Å². The molecule has 0 heterocycles. The molecule has 1 aliphatic rings. The standard InChI is InChI=1S/C16H29NO4/c1-4-10-17(11-5-2)15(18)12-21-14-8-6-13(7-9-14)16(19)20-3/h13-14H,4-12H2,1-3H3. The average molecular weight is 299 g/mol. The zero-order chi connectivity index (χ0) is 15.7. The van der Waals surface area contributed by atoms with Gasteiger partial charge in [0, 0.05) is 13.1 Å². The van der Waals surface area contributed by atoms with Crippen molar-refractivity contribution in [3.8, 4) is 0 Å². The topological polar surface area (TPSA) is 55.8 Å². The number of nitrogens with zero attached hydrogens (tertiary/aromatic N) is 1. The van der Waals surface area contributed by atoms with Crippen molar-refractivity contribution in [1.29, 1.82) is 0 Å². The Hall–Kier alpha value is -1.10. The first-order chi connectivity index (χ1) is 10.1. The highest BCUT2D eigenvalue weighted by Crippen LogP contribution is 2.27. The van der Waals surface area contributed by atoms with Crippen LogP contribution in [-0.2, 0) is 19.1 Å². The molecule has 0 N–H and O–H groups in total. The van der Waals surface area contributed by atoms with E-state index in [0.717, 1.165) is 51.6 Å². The molecule has 0 aromatic rings. The van der Waals surface area contributed by atoms with Crippen LogP contribution in [0.15, 0.2) is 0 Å². The normalized spacial score (nSPS) is 21.9. The van der Waals surface area contributed by atoms with E-state index in [4.69, 9.17) is 9.47 Å². The van der Waals surface area contributed by atoms with Crippen LogP contribution in [-0.4, -0.2) is 49.7 Å². The van der Waals surface area contributed by atoms with Crippen LogP contribution in [0.4, 0.5) is 0 Å². The number of methoxy groups -OCH3 is 1. The molecule has 1 aliphatic carbocycles. The number of ether oxygens (including phenoxy) is 2. The summed E-state index contributed by atoms with van der Waals surface area (Å²) in [6.45, 7) is 5.90. The summed E-state index contributed by atoms with van der Waals surface area (Å²) in [4.78, 5) is 25.4. The SMILES string of the molecule is CCCN(CCC)C(=O)COC1CCC(C(=O)OC)CC1. The third-order valence-electron chi connectivity index (χ3n) is 3.99. The Bertz CT molecular complexity index is 318. The van der Waals surface area contributed by atoms with Gasteiger partial charge in [-0.15, -0.1) is 0 Å². The molecule has 1 fully saturated rings. The van der Waals surface area contributed by atoms with Crippen molar-refractivity contribution in [2.45, 2.75) is 58.5 Å². The largest absolute Gasteiger partial charge is 0.469 e. The number of carbonyl (C=O) groups excluding carboxylic acids is 2. The maximum atomic E-state index is 12.1. The van der Waals surface area contributed by atoms with Crippen LogP contribution in [0, 0.1) is 5.92 Å². The Kier molecular flexibility index (Phi) is 8.35. The van der Waals surface area contributed by atoms with Gasteiger partial charge in [-0.1, -0.05) is 13.8 Å². The van der Waals surface area contributed by atoms with E-state index in [1.54, 1.807) is 0 Å². The maximum absolute atomic E-state index is 12.1. The first kappa shape index (κ1) is 18.0. The van der Waals surface area contributed by atoms with Gasteiger partial charge in [0.1, 0.15) is 6.61 Å². The molecular formula is C16H29NO4. The second-order valence-electron chi connectivity index (χ2n) is 5.69. The minimum atomic E-state index is -0.124. The molecule has 1 amide bonds. The fraction of sp³-hybridized carbons (Fsp3) is 0.875. The van der Waals surface area contributed by atoms with Crippen molar-refractivity contribution in [3.05, 3.63) is 0 Å². The van der Waals surface area contributed by atoms with Gasteiger partial charge in [0.05, 0.1) is 19.1 Å². The zero-order valence-electron chi connectivity index (χ0n) is 13.6. The van der Waals surface area contributed by atoms with Gasteiger partial charge in [-0.3, -0.25) is 9.59 Å². The number of hydrogen-bond acceptors (Lipinski definition) is 4.